The van der Waals surface area contributed by atoms with E-state index in [1.165, 1.54) is 11.3 Å². The first-order chi connectivity index (χ1) is 19.6. The van der Waals surface area contributed by atoms with Crippen LogP contribution in [0.2, 0.25) is 0 Å². The summed E-state index contributed by atoms with van der Waals surface area (Å²) in [5, 5.41) is 18.8. The number of carbonyl (C=O) groups is 1. The van der Waals surface area contributed by atoms with Crippen LogP contribution in [0.25, 0.3) is 0 Å². The van der Waals surface area contributed by atoms with Gasteiger partial charge in [0, 0.05) is 5.38 Å². The summed E-state index contributed by atoms with van der Waals surface area (Å²) in [5.74, 6) is -0.0802. The van der Waals surface area contributed by atoms with Gasteiger partial charge in [-0.05, 0) is 34.4 Å². The van der Waals surface area contributed by atoms with Crippen molar-refractivity contribution in [2.24, 2.45) is 5.16 Å². The molecule has 5 rings (SSSR count). The molecule has 0 aliphatic heterocycles. The Morgan fingerprint density at radius 1 is 0.850 bits per heavy atom. The number of ether oxygens (including phenoxy) is 2. The Bertz CT molecular complexity index is 1470. The number of hydrogen-bond donors (Lipinski definition) is 2. The van der Waals surface area contributed by atoms with Gasteiger partial charge in [0.1, 0.15) is 23.6 Å². The number of nitrogens with one attached hydrogen (secondary N) is 1. The Morgan fingerprint density at radius 3 is 1.85 bits per heavy atom. The predicted octanol–water partition coefficient (Wildman–Crippen LogP) is 6.48. The highest BCUT2D eigenvalue weighted by Gasteiger charge is 2.37. The van der Waals surface area contributed by atoms with Gasteiger partial charge in [0.2, 0.25) is 5.71 Å². The number of nitrogens with zero attached hydrogens (tertiary/aromatic N) is 2. The molecule has 40 heavy (non-hydrogen) atoms. The molecule has 0 spiro atoms. The fourth-order valence-electron chi connectivity index (χ4n) is 4.52. The van der Waals surface area contributed by atoms with Crippen LogP contribution < -0.4 is 10.1 Å². The molecule has 0 bridgehead atoms. The van der Waals surface area contributed by atoms with Gasteiger partial charge in [0.25, 0.3) is 0 Å². The van der Waals surface area contributed by atoms with E-state index >= 15 is 0 Å². The van der Waals surface area contributed by atoms with Crippen LogP contribution in [0.15, 0.2) is 126 Å². The van der Waals surface area contributed by atoms with Crippen molar-refractivity contribution >= 4 is 28.1 Å². The average molecular weight is 550 g/mol. The number of oxime groups is 1. The Labute approximate surface area is 236 Å². The Kier molecular flexibility index (Phi) is 8.18. The summed E-state index contributed by atoms with van der Waals surface area (Å²) < 4.78 is 10.6. The molecule has 0 aliphatic rings. The number of hydrogen-bond acceptors (Lipinski definition) is 8. The fourth-order valence-corrected chi connectivity index (χ4v) is 5.27. The summed E-state index contributed by atoms with van der Waals surface area (Å²) in [6.45, 7) is 0.0101. The number of benzene rings is 4. The zero-order valence-electron chi connectivity index (χ0n) is 21.7. The van der Waals surface area contributed by atoms with Gasteiger partial charge in [-0.25, -0.2) is 9.78 Å². The van der Waals surface area contributed by atoms with Crippen molar-refractivity contribution in [3.8, 4) is 5.75 Å². The van der Waals surface area contributed by atoms with Crippen LogP contribution in [0.1, 0.15) is 27.9 Å². The van der Waals surface area contributed by atoms with Gasteiger partial charge in [-0.3, -0.25) is 0 Å². The Balaban J connectivity index is 1.46. The van der Waals surface area contributed by atoms with Crippen LogP contribution in [0, 0.1) is 0 Å². The molecule has 7 nitrogen and oxygen atoms in total. The van der Waals surface area contributed by atoms with E-state index in [9.17, 15) is 10.0 Å². The van der Waals surface area contributed by atoms with E-state index in [1.54, 1.807) is 36.8 Å². The summed E-state index contributed by atoms with van der Waals surface area (Å²) >= 11 is 1.30. The third kappa shape index (κ3) is 5.57. The lowest BCUT2D eigenvalue weighted by Gasteiger charge is -2.36. The van der Waals surface area contributed by atoms with Gasteiger partial charge in [0.05, 0.1) is 7.11 Å². The topological polar surface area (TPSA) is 93.0 Å². The van der Waals surface area contributed by atoms with Crippen molar-refractivity contribution in [3.63, 3.8) is 0 Å². The molecular weight excluding hydrogens is 522 g/mol. The van der Waals surface area contributed by atoms with Gasteiger partial charge >= 0.3 is 5.97 Å². The second-order valence-electron chi connectivity index (χ2n) is 8.88. The monoisotopic (exact) mass is 549 g/mol. The summed E-state index contributed by atoms with van der Waals surface area (Å²) in [4.78, 5) is 17.5. The van der Waals surface area contributed by atoms with Crippen LogP contribution in [0.5, 0.6) is 5.75 Å². The average Bonchev–Trinajstić information content (AvgIpc) is 3.48. The lowest BCUT2D eigenvalue weighted by molar-refractivity contribution is -0.136. The summed E-state index contributed by atoms with van der Waals surface area (Å²) in [6.07, 6.45) is 0. The standard InChI is InChI=1S/C32H27N3O4S/c1-38-27-19-17-23(18-20-27)21-39-30(36)29(35-37)28-22-40-31(33-28)34-32(24-11-5-2-6-12-24,25-13-7-3-8-14-25)26-15-9-4-10-16-26/h2-20,22,37H,21H2,1H3,(H,33,34)/b35-29-. The fraction of sp³-hybridized carbons (Fsp3) is 0.0938. The van der Waals surface area contributed by atoms with Gasteiger partial charge < -0.3 is 20.0 Å². The molecule has 200 valence electrons. The molecule has 5 aromatic rings. The molecule has 0 unspecified atom stereocenters. The molecule has 0 saturated carbocycles. The van der Waals surface area contributed by atoms with Crippen LogP contribution in [0.4, 0.5) is 5.13 Å². The van der Waals surface area contributed by atoms with Crippen molar-refractivity contribution < 1.29 is 19.5 Å². The molecular formula is C32H27N3O4S. The van der Waals surface area contributed by atoms with E-state index in [4.69, 9.17) is 9.47 Å². The Hall–Kier alpha value is -4.95. The molecule has 2 N–H and O–H groups in total. The summed E-state index contributed by atoms with van der Waals surface area (Å²) in [7, 11) is 1.58. The van der Waals surface area contributed by atoms with Crippen molar-refractivity contribution in [1.29, 1.82) is 0 Å². The number of aromatic nitrogens is 1. The lowest BCUT2D eigenvalue weighted by Crippen LogP contribution is -2.38. The molecule has 0 aliphatic carbocycles. The first kappa shape index (κ1) is 26.6. The van der Waals surface area contributed by atoms with Crippen LogP contribution in [-0.2, 0) is 21.7 Å². The highest BCUT2D eigenvalue weighted by molar-refractivity contribution is 7.14. The van der Waals surface area contributed by atoms with E-state index in [-0.39, 0.29) is 18.0 Å². The van der Waals surface area contributed by atoms with Crippen LogP contribution in [0.3, 0.4) is 0 Å². The lowest BCUT2D eigenvalue weighted by atomic mass is 9.77. The maximum Gasteiger partial charge on any atom is 0.363 e. The zero-order chi connectivity index (χ0) is 27.8. The van der Waals surface area contributed by atoms with Crippen molar-refractivity contribution in [2.45, 2.75) is 12.1 Å². The number of methoxy groups -OCH3 is 1. The second-order valence-corrected chi connectivity index (χ2v) is 9.74. The molecule has 0 saturated heterocycles. The van der Waals surface area contributed by atoms with Gasteiger partial charge in [-0.15, -0.1) is 11.3 Å². The van der Waals surface area contributed by atoms with E-state index in [0.717, 1.165) is 22.3 Å². The first-order valence-corrected chi connectivity index (χ1v) is 13.4. The maximum atomic E-state index is 12.8. The van der Waals surface area contributed by atoms with Crippen LogP contribution in [-0.4, -0.2) is 29.0 Å². The van der Waals surface area contributed by atoms with Gasteiger partial charge in [-0.1, -0.05) is 108 Å². The number of anilines is 1. The minimum atomic E-state index is -0.787. The molecule has 0 fully saturated rings. The normalized spacial score (nSPS) is 11.6. The predicted molar refractivity (Wildman–Crippen MR) is 156 cm³/mol. The largest absolute Gasteiger partial charge is 0.497 e. The number of rotatable bonds is 10. The Morgan fingerprint density at radius 2 is 1.38 bits per heavy atom. The van der Waals surface area contributed by atoms with Crippen molar-refractivity contribution in [3.05, 3.63) is 149 Å². The highest BCUT2D eigenvalue weighted by Crippen LogP contribution is 2.40. The molecule has 1 aromatic heterocycles. The third-order valence-electron chi connectivity index (χ3n) is 6.48. The molecule has 0 radical (unpaired) electrons. The number of carbonyl (C=O) groups excluding carboxylic acids is 1. The smallest absolute Gasteiger partial charge is 0.363 e. The second kappa shape index (κ2) is 12.3. The van der Waals surface area contributed by atoms with Gasteiger partial charge in [0.15, 0.2) is 5.13 Å². The van der Waals surface area contributed by atoms with Crippen molar-refractivity contribution in [1.82, 2.24) is 4.98 Å². The minimum absolute atomic E-state index is 0.0101. The van der Waals surface area contributed by atoms with Crippen LogP contribution >= 0.6 is 11.3 Å². The zero-order valence-corrected chi connectivity index (χ0v) is 22.5. The van der Waals surface area contributed by atoms with E-state index < -0.39 is 11.5 Å². The van der Waals surface area contributed by atoms with Gasteiger partial charge in [-0.2, -0.15) is 0 Å². The van der Waals surface area contributed by atoms with E-state index in [2.05, 4.69) is 51.9 Å². The highest BCUT2D eigenvalue weighted by atomic mass is 32.1. The summed E-state index contributed by atoms with van der Waals surface area (Å²) in [5.41, 5.74) is 2.95. The molecule has 1 heterocycles. The van der Waals surface area contributed by atoms with E-state index in [1.807, 2.05) is 54.6 Å². The third-order valence-corrected chi connectivity index (χ3v) is 7.24. The molecule has 8 heteroatoms. The molecule has 4 aromatic carbocycles. The molecule has 0 amide bonds. The molecule has 0 atom stereocenters. The quantitative estimate of drug-likeness (QED) is 0.0681. The van der Waals surface area contributed by atoms with Crippen molar-refractivity contribution in [2.75, 3.05) is 12.4 Å². The minimum Gasteiger partial charge on any atom is -0.497 e. The summed E-state index contributed by atoms with van der Waals surface area (Å²) in [6, 6.07) is 37.5. The van der Waals surface area contributed by atoms with E-state index in [0.29, 0.717) is 10.9 Å². The number of esters is 1. The maximum absolute atomic E-state index is 12.8. The SMILES string of the molecule is COc1ccc(COC(=O)/C(=N\O)c2csc(NC(c3ccccc3)(c3ccccc3)c3ccccc3)n2)cc1. The number of thiazole rings is 1. The first-order valence-electron chi connectivity index (χ1n) is 12.6.